The van der Waals surface area contributed by atoms with E-state index in [0.29, 0.717) is 0 Å². The number of fused-ring (bicyclic) bond motifs is 1. The van der Waals surface area contributed by atoms with Gasteiger partial charge in [0, 0.05) is 0 Å². The first-order valence-corrected chi connectivity index (χ1v) is 5.44. The lowest BCUT2D eigenvalue weighted by Gasteiger charge is -2.07. The highest BCUT2D eigenvalue weighted by atomic mass is 32.1. The van der Waals surface area contributed by atoms with Crippen molar-refractivity contribution >= 4 is 34.9 Å². The molecule has 0 saturated heterocycles. The highest BCUT2D eigenvalue weighted by Gasteiger charge is 2.07. The molecule has 0 aliphatic carbocycles. The zero-order valence-corrected chi connectivity index (χ0v) is 9.03. The highest BCUT2D eigenvalue weighted by molar-refractivity contribution is 7.16. The molecule has 0 aliphatic rings. The van der Waals surface area contributed by atoms with Crippen molar-refractivity contribution in [1.82, 2.24) is 4.98 Å². The second-order valence-electron chi connectivity index (χ2n) is 3.35. The summed E-state index contributed by atoms with van der Waals surface area (Å²) in [6, 6.07) is 2.25. The smallest absolute Gasteiger partial charge is 0.142 e. The predicted octanol–water partition coefficient (Wildman–Crippen LogP) is 1.43. The summed E-state index contributed by atoms with van der Waals surface area (Å²) >= 11 is 1.72. The first-order chi connectivity index (χ1) is 6.24. The van der Waals surface area contributed by atoms with Crippen LogP contribution in [0.4, 0.5) is 0 Å². The molecule has 0 saturated carbocycles. The molecule has 66 valence electrons. The average Bonchev–Trinajstić information content (AvgIpc) is 2.53. The molecule has 1 aromatic carbocycles. The van der Waals surface area contributed by atoms with Crippen molar-refractivity contribution in [3.05, 3.63) is 22.7 Å². The molecular formula is C10H12BNS. The molecule has 0 amide bonds. The lowest BCUT2D eigenvalue weighted by molar-refractivity contribution is 1.13. The normalized spacial score (nSPS) is 10.9. The van der Waals surface area contributed by atoms with Gasteiger partial charge in [0.15, 0.2) is 0 Å². The molecule has 0 atom stereocenters. The standard InChI is InChI=1S/C10H12BNS/c1-3-7-6(2)4-8-10(9(7)11)12-5-13-8/h4-5H,3,11H2,1-2H3. The van der Waals surface area contributed by atoms with Gasteiger partial charge in [0.25, 0.3) is 0 Å². The minimum absolute atomic E-state index is 1.10. The fourth-order valence-corrected chi connectivity index (χ4v) is 2.74. The largest absolute Gasteiger partial charge is 0.245 e. The summed E-state index contributed by atoms with van der Waals surface area (Å²) in [4.78, 5) is 4.39. The van der Waals surface area contributed by atoms with E-state index >= 15 is 0 Å². The van der Waals surface area contributed by atoms with Crippen LogP contribution in [-0.2, 0) is 6.42 Å². The summed E-state index contributed by atoms with van der Waals surface area (Å²) in [5.41, 5.74) is 7.33. The van der Waals surface area contributed by atoms with Crippen LogP contribution in [-0.4, -0.2) is 12.8 Å². The molecule has 13 heavy (non-hydrogen) atoms. The van der Waals surface area contributed by atoms with Gasteiger partial charge >= 0.3 is 0 Å². The lowest BCUT2D eigenvalue weighted by atomic mass is 9.86. The Labute approximate surface area is 83.2 Å². The average molecular weight is 189 g/mol. The van der Waals surface area contributed by atoms with Crippen LogP contribution in [0, 0.1) is 6.92 Å². The van der Waals surface area contributed by atoms with Crippen LogP contribution < -0.4 is 5.46 Å². The van der Waals surface area contributed by atoms with Crippen LogP contribution in [0.2, 0.25) is 0 Å². The Morgan fingerprint density at radius 3 is 3.00 bits per heavy atom. The SMILES string of the molecule is Bc1c(CC)c(C)cc2scnc12. The van der Waals surface area contributed by atoms with Crippen molar-refractivity contribution in [2.24, 2.45) is 0 Å². The molecule has 3 heteroatoms. The van der Waals surface area contributed by atoms with E-state index in [-0.39, 0.29) is 0 Å². The Morgan fingerprint density at radius 1 is 1.54 bits per heavy atom. The Hall–Kier alpha value is -0.825. The van der Waals surface area contributed by atoms with Crippen molar-refractivity contribution in [2.45, 2.75) is 20.3 Å². The van der Waals surface area contributed by atoms with Gasteiger partial charge in [0.2, 0.25) is 0 Å². The first-order valence-electron chi connectivity index (χ1n) is 4.56. The molecule has 2 aromatic rings. The fourth-order valence-electron chi connectivity index (χ4n) is 1.91. The van der Waals surface area contributed by atoms with Gasteiger partial charge in [-0.05, 0) is 30.5 Å². The van der Waals surface area contributed by atoms with Gasteiger partial charge in [0.1, 0.15) is 7.85 Å². The Morgan fingerprint density at radius 2 is 2.31 bits per heavy atom. The van der Waals surface area contributed by atoms with Gasteiger partial charge in [-0.2, -0.15) is 0 Å². The lowest BCUT2D eigenvalue weighted by Crippen LogP contribution is -2.13. The fraction of sp³-hybridized carbons (Fsp3) is 0.300. The van der Waals surface area contributed by atoms with Crippen LogP contribution in [0.1, 0.15) is 18.1 Å². The van der Waals surface area contributed by atoms with Crippen LogP contribution in [0.25, 0.3) is 10.2 Å². The van der Waals surface area contributed by atoms with E-state index in [2.05, 4.69) is 32.7 Å². The highest BCUT2D eigenvalue weighted by Crippen LogP contribution is 2.20. The summed E-state index contributed by atoms with van der Waals surface area (Å²) in [7, 11) is 2.17. The monoisotopic (exact) mass is 189 g/mol. The van der Waals surface area contributed by atoms with E-state index < -0.39 is 0 Å². The molecule has 0 aliphatic heterocycles. The van der Waals surface area contributed by atoms with Crippen LogP contribution in [0.3, 0.4) is 0 Å². The van der Waals surface area contributed by atoms with E-state index in [1.807, 2.05) is 5.51 Å². The Balaban J connectivity index is 2.85. The summed E-state index contributed by atoms with van der Waals surface area (Å²) in [5, 5.41) is 0. The number of nitrogens with zero attached hydrogens (tertiary/aromatic N) is 1. The summed E-state index contributed by atoms with van der Waals surface area (Å²) in [5.74, 6) is 0. The third-order valence-electron chi connectivity index (χ3n) is 2.58. The second kappa shape index (κ2) is 3.15. The van der Waals surface area contributed by atoms with Crippen LogP contribution in [0.5, 0.6) is 0 Å². The number of aryl methyl sites for hydroxylation is 1. The number of benzene rings is 1. The molecule has 0 fully saturated rings. The molecule has 0 N–H and O–H groups in total. The number of rotatable bonds is 1. The van der Waals surface area contributed by atoms with E-state index in [9.17, 15) is 0 Å². The molecule has 0 radical (unpaired) electrons. The molecule has 0 spiro atoms. The number of hydrogen-bond donors (Lipinski definition) is 0. The molecule has 0 bridgehead atoms. The summed E-state index contributed by atoms with van der Waals surface area (Å²) < 4.78 is 1.31. The molecule has 1 aromatic heterocycles. The molecule has 0 unspecified atom stereocenters. The number of hydrogen-bond acceptors (Lipinski definition) is 2. The van der Waals surface area contributed by atoms with Gasteiger partial charge in [-0.3, -0.25) is 0 Å². The predicted molar refractivity (Wildman–Crippen MR) is 61.9 cm³/mol. The molecule has 2 rings (SSSR count). The van der Waals surface area contributed by atoms with Crippen LogP contribution >= 0.6 is 11.3 Å². The minimum Gasteiger partial charge on any atom is -0.245 e. The first kappa shape index (κ1) is 8.76. The summed E-state index contributed by atoms with van der Waals surface area (Å²) in [6.07, 6.45) is 1.10. The number of thiazole rings is 1. The van der Waals surface area contributed by atoms with Gasteiger partial charge < -0.3 is 0 Å². The quantitative estimate of drug-likeness (QED) is 0.618. The maximum Gasteiger partial charge on any atom is 0.142 e. The molecule has 1 heterocycles. The number of aromatic nitrogens is 1. The second-order valence-corrected chi connectivity index (χ2v) is 4.24. The zero-order chi connectivity index (χ0) is 9.42. The van der Waals surface area contributed by atoms with Gasteiger partial charge in [0.05, 0.1) is 15.7 Å². The van der Waals surface area contributed by atoms with Crippen molar-refractivity contribution in [2.75, 3.05) is 0 Å². The van der Waals surface area contributed by atoms with E-state index in [1.165, 1.54) is 26.8 Å². The van der Waals surface area contributed by atoms with E-state index in [1.54, 1.807) is 11.3 Å². The van der Waals surface area contributed by atoms with Gasteiger partial charge in [-0.15, -0.1) is 11.3 Å². The van der Waals surface area contributed by atoms with Crippen LogP contribution in [0.15, 0.2) is 11.6 Å². The van der Waals surface area contributed by atoms with Gasteiger partial charge in [-0.1, -0.05) is 12.4 Å². The topological polar surface area (TPSA) is 12.9 Å². The third-order valence-corrected chi connectivity index (χ3v) is 3.36. The summed E-state index contributed by atoms with van der Waals surface area (Å²) in [6.45, 7) is 4.39. The van der Waals surface area contributed by atoms with Crippen molar-refractivity contribution < 1.29 is 0 Å². The maximum atomic E-state index is 4.39. The maximum absolute atomic E-state index is 4.39. The Kier molecular flexibility index (Phi) is 2.12. The van der Waals surface area contributed by atoms with Crippen molar-refractivity contribution in [1.29, 1.82) is 0 Å². The van der Waals surface area contributed by atoms with Crippen molar-refractivity contribution in [3.8, 4) is 0 Å². The molecule has 1 nitrogen and oxygen atoms in total. The minimum atomic E-state index is 1.10. The van der Waals surface area contributed by atoms with E-state index in [0.717, 1.165) is 6.42 Å². The van der Waals surface area contributed by atoms with Gasteiger partial charge in [-0.25, -0.2) is 4.98 Å². The zero-order valence-electron chi connectivity index (χ0n) is 8.22. The Bertz CT molecular complexity index is 447. The van der Waals surface area contributed by atoms with Crippen molar-refractivity contribution in [3.63, 3.8) is 0 Å². The molecular weight excluding hydrogens is 177 g/mol. The third kappa shape index (κ3) is 1.27. The van der Waals surface area contributed by atoms with E-state index in [4.69, 9.17) is 0 Å².